The van der Waals surface area contributed by atoms with Crippen LogP contribution in [0, 0.1) is 11.8 Å². The summed E-state index contributed by atoms with van der Waals surface area (Å²) < 4.78 is 4.97. The SMILES string of the molecule is COC(=O)[C@@H]1C[C@H]2CCCC[C@@H]2N1C(=O)c1ccc(NC(=O)C2CC2)cc1. The highest BCUT2D eigenvalue weighted by atomic mass is 16.5. The lowest BCUT2D eigenvalue weighted by Crippen LogP contribution is -2.46. The molecule has 3 aliphatic rings. The molecule has 0 bridgehead atoms. The number of likely N-dealkylation sites (tertiary alicyclic amines) is 1. The molecule has 1 saturated heterocycles. The van der Waals surface area contributed by atoms with Crippen molar-refractivity contribution in [2.45, 2.75) is 57.0 Å². The van der Waals surface area contributed by atoms with E-state index in [1.807, 2.05) is 0 Å². The molecule has 1 N–H and O–H groups in total. The van der Waals surface area contributed by atoms with Crippen molar-refractivity contribution in [1.29, 1.82) is 0 Å². The maximum absolute atomic E-state index is 13.2. The van der Waals surface area contributed by atoms with Crippen LogP contribution in [0.4, 0.5) is 5.69 Å². The van der Waals surface area contributed by atoms with Gasteiger partial charge in [-0.2, -0.15) is 0 Å². The third-order valence-electron chi connectivity index (χ3n) is 6.14. The number of nitrogens with one attached hydrogen (secondary N) is 1. The van der Waals surface area contributed by atoms with Crippen LogP contribution in [0.2, 0.25) is 0 Å². The van der Waals surface area contributed by atoms with E-state index in [1.165, 1.54) is 7.11 Å². The molecule has 0 spiro atoms. The Labute approximate surface area is 159 Å². The molecular formula is C21H26N2O4. The molecule has 6 nitrogen and oxygen atoms in total. The van der Waals surface area contributed by atoms with Crippen molar-refractivity contribution in [3.8, 4) is 0 Å². The molecule has 1 aromatic carbocycles. The Hall–Kier alpha value is -2.37. The highest BCUT2D eigenvalue weighted by Gasteiger charge is 2.48. The highest BCUT2D eigenvalue weighted by Crippen LogP contribution is 2.41. The molecule has 2 amide bonds. The fraction of sp³-hybridized carbons (Fsp3) is 0.571. The second-order valence-corrected chi connectivity index (χ2v) is 7.94. The van der Waals surface area contributed by atoms with Crippen LogP contribution < -0.4 is 5.32 Å². The second kappa shape index (κ2) is 7.33. The maximum Gasteiger partial charge on any atom is 0.328 e. The van der Waals surface area contributed by atoms with Gasteiger partial charge in [0, 0.05) is 23.2 Å². The van der Waals surface area contributed by atoms with Crippen molar-refractivity contribution in [3.63, 3.8) is 0 Å². The van der Waals surface area contributed by atoms with Gasteiger partial charge in [0.1, 0.15) is 6.04 Å². The second-order valence-electron chi connectivity index (χ2n) is 7.94. The van der Waals surface area contributed by atoms with Crippen molar-refractivity contribution in [1.82, 2.24) is 4.90 Å². The Kier molecular flexibility index (Phi) is 4.89. The van der Waals surface area contributed by atoms with E-state index in [1.54, 1.807) is 29.2 Å². The number of fused-ring (bicyclic) bond motifs is 1. The van der Waals surface area contributed by atoms with Gasteiger partial charge in [0.25, 0.3) is 5.91 Å². The molecule has 3 atom stereocenters. The molecule has 2 aliphatic carbocycles. The predicted octanol–water partition coefficient (Wildman–Crippen LogP) is 2.98. The lowest BCUT2D eigenvalue weighted by atomic mass is 9.84. The monoisotopic (exact) mass is 370 g/mol. The number of carbonyl (C=O) groups excluding carboxylic acids is 3. The molecule has 1 aromatic rings. The van der Waals surface area contributed by atoms with E-state index < -0.39 is 6.04 Å². The minimum Gasteiger partial charge on any atom is -0.467 e. The quantitative estimate of drug-likeness (QED) is 0.827. The lowest BCUT2D eigenvalue weighted by molar-refractivity contribution is -0.145. The molecule has 27 heavy (non-hydrogen) atoms. The number of hydrogen-bond donors (Lipinski definition) is 1. The number of hydrogen-bond acceptors (Lipinski definition) is 4. The Bertz CT molecular complexity index is 741. The fourth-order valence-corrected chi connectivity index (χ4v) is 4.53. The molecule has 1 heterocycles. The summed E-state index contributed by atoms with van der Waals surface area (Å²) in [4.78, 5) is 39.1. The Balaban J connectivity index is 1.52. The van der Waals surface area contributed by atoms with Gasteiger partial charge in [-0.05, 0) is 62.3 Å². The molecule has 144 valence electrons. The van der Waals surface area contributed by atoms with E-state index in [0.29, 0.717) is 23.6 Å². The van der Waals surface area contributed by atoms with Gasteiger partial charge in [-0.3, -0.25) is 9.59 Å². The van der Waals surface area contributed by atoms with Crippen LogP contribution in [0.15, 0.2) is 24.3 Å². The van der Waals surface area contributed by atoms with Gasteiger partial charge in [0.05, 0.1) is 7.11 Å². The number of ether oxygens (including phenoxy) is 1. The molecule has 0 unspecified atom stereocenters. The van der Waals surface area contributed by atoms with Gasteiger partial charge >= 0.3 is 5.97 Å². The van der Waals surface area contributed by atoms with Gasteiger partial charge in [0.2, 0.25) is 5.91 Å². The molecule has 0 aromatic heterocycles. The first-order valence-electron chi connectivity index (χ1n) is 9.90. The summed E-state index contributed by atoms with van der Waals surface area (Å²) in [7, 11) is 1.38. The summed E-state index contributed by atoms with van der Waals surface area (Å²) >= 11 is 0. The normalized spacial score (nSPS) is 27.0. The van der Waals surface area contributed by atoms with E-state index in [2.05, 4.69) is 5.32 Å². The first-order valence-corrected chi connectivity index (χ1v) is 9.90. The summed E-state index contributed by atoms with van der Waals surface area (Å²) in [6, 6.07) is 6.60. The van der Waals surface area contributed by atoms with Gasteiger partial charge in [-0.15, -0.1) is 0 Å². The van der Waals surface area contributed by atoms with Crippen LogP contribution in [0.5, 0.6) is 0 Å². The Morgan fingerprint density at radius 2 is 1.74 bits per heavy atom. The third kappa shape index (κ3) is 3.57. The number of nitrogens with zero attached hydrogens (tertiary/aromatic N) is 1. The summed E-state index contributed by atoms with van der Waals surface area (Å²) in [5.41, 5.74) is 1.24. The minimum atomic E-state index is -0.496. The number of carbonyl (C=O) groups is 3. The molecule has 2 saturated carbocycles. The molecule has 6 heteroatoms. The van der Waals surface area contributed by atoms with E-state index >= 15 is 0 Å². The predicted molar refractivity (Wildman–Crippen MR) is 100 cm³/mol. The zero-order valence-corrected chi connectivity index (χ0v) is 15.6. The zero-order chi connectivity index (χ0) is 19.0. The van der Waals surface area contributed by atoms with Crippen molar-refractivity contribution < 1.29 is 19.1 Å². The van der Waals surface area contributed by atoms with Gasteiger partial charge in [-0.25, -0.2) is 4.79 Å². The van der Waals surface area contributed by atoms with Gasteiger partial charge in [0.15, 0.2) is 0 Å². The zero-order valence-electron chi connectivity index (χ0n) is 15.6. The largest absolute Gasteiger partial charge is 0.467 e. The molecule has 1 aliphatic heterocycles. The van der Waals surface area contributed by atoms with Crippen LogP contribution in [0.1, 0.15) is 55.3 Å². The summed E-state index contributed by atoms with van der Waals surface area (Å²) in [6.45, 7) is 0. The molecule has 4 rings (SSSR count). The fourth-order valence-electron chi connectivity index (χ4n) is 4.53. The third-order valence-corrected chi connectivity index (χ3v) is 6.14. The topological polar surface area (TPSA) is 75.7 Å². The smallest absolute Gasteiger partial charge is 0.328 e. The Morgan fingerprint density at radius 1 is 1.04 bits per heavy atom. The van der Waals surface area contributed by atoms with Crippen molar-refractivity contribution in [3.05, 3.63) is 29.8 Å². The first kappa shape index (κ1) is 18.0. The van der Waals surface area contributed by atoms with Crippen LogP contribution >= 0.6 is 0 Å². The summed E-state index contributed by atoms with van der Waals surface area (Å²) in [5.74, 6) is 0.110. The molecular weight excluding hydrogens is 344 g/mol. The van der Waals surface area contributed by atoms with Gasteiger partial charge in [-0.1, -0.05) is 12.8 Å². The van der Waals surface area contributed by atoms with Crippen LogP contribution in [-0.4, -0.2) is 41.9 Å². The minimum absolute atomic E-state index is 0.0458. The number of anilines is 1. The van der Waals surface area contributed by atoms with E-state index in [0.717, 1.165) is 38.5 Å². The Morgan fingerprint density at radius 3 is 2.41 bits per heavy atom. The average molecular weight is 370 g/mol. The summed E-state index contributed by atoms with van der Waals surface area (Å²) in [5, 5.41) is 2.88. The van der Waals surface area contributed by atoms with E-state index in [-0.39, 0.29) is 29.7 Å². The lowest BCUT2D eigenvalue weighted by Gasteiger charge is -2.33. The van der Waals surface area contributed by atoms with Crippen LogP contribution in [-0.2, 0) is 14.3 Å². The summed E-state index contributed by atoms with van der Waals surface area (Å²) in [6.07, 6.45) is 6.85. The van der Waals surface area contributed by atoms with Crippen LogP contribution in [0.3, 0.4) is 0 Å². The van der Waals surface area contributed by atoms with Crippen molar-refractivity contribution in [2.24, 2.45) is 11.8 Å². The van der Waals surface area contributed by atoms with Crippen molar-refractivity contribution >= 4 is 23.5 Å². The first-order chi connectivity index (χ1) is 13.1. The standard InChI is InChI=1S/C21H26N2O4/c1-27-21(26)18-12-15-4-2-3-5-17(15)23(18)20(25)14-8-10-16(11-9-14)22-19(24)13-6-7-13/h8-11,13,15,17-18H,2-7,12H2,1H3,(H,22,24)/t15-,17+,18+/m1/s1. The van der Waals surface area contributed by atoms with Gasteiger partial charge < -0.3 is 15.0 Å². The number of esters is 1. The number of amides is 2. The maximum atomic E-state index is 13.2. The number of rotatable bonds is 4. The number of benzene rings is 1. The van der Waals surface area contributed by atoms with Crippen molar-refractivity contribution in [2.75, 3.05) is 12.4 Å². The molecule has 3 fully saturated rings. The van der Waals surface area contributed by atoms with E-state index in [9.17, 15) is 14.4 Å². The highest BCUT2D eigenvalue weighted by molar-refractivity contribution is 5.99. The average Bonchev–Trinajstić information content (AvgIpc) is 3.47. The molecule has 0 radical (unpaired) electrons. The number of methoxy groups -OCH3 is 1. The van der Waals surface area contributed by atoms with E-state index in [4.69, 9.17) is 4.74 Å². The van der Waals surface area contributed by atoms with Crippen LogP contribution in [0.25, 0.3) is 0 Å².